The number of thiophene rings is 1. The lowest BCUT2D eigenvalue weighted by Crippen LogP contribution is -2.56. The van der Waals surface area contributed by atoms with Gasteiger partial charge in [0, 0.05) is 40.1 Å². The van der Waals surface area contributed by atoms with Crippen molar-refractivity contribution in [3.63, 3.8) is 0 Å². The number of carbonyl (C=O) groups excluding carboxylic acids is 1. The summed E-state index contributed by atoms with van der Waals surface area (Å²) in [6, 6.07) is 13.7. The number of amides is 2. The third kappa shape index (κ3) is 4.68. The molecule has 2 bridgehead atoms. The van der Waals surface area contributed by atoms with Crippen molar-refractivity contribution < 1.29 is 4.79 Å². The molecule has 2 aliphatic rings. The van der Waals surface area contributed by atoms with Gasteiger partial charge in [-0.05, 0) is 67.7 Å². The SMILES string of the molecule is CSc1ccc(NC(=O)NC2C[C@H]3CCC[C@@H](C2)N3Cc2cccs2)cc1. The van der Waals surface area contributed by atoms with E-state index in [1.54, 1.807) is 11.8 Å². The Hall–Kier alpha value is -1.50. The van der Waals surface area contributed by atoms with Gasteiger partial charge in [-0.3, -0.25) is 4.90 Å². The summed E-state index contributed by atoms with van der Waals surface area (Å²) in [6.45, 7) is 1.06. The van der Waals surface area contributed by atoms with Crippen LogP contribution in [0.25, 0.3) is 0 Å². The van der Waals surface area contributed by atoms with Gasteiger partial charge in [0.15, 0.2) is 0 Å². The second-order valence-electron chi connectivity index (χ2n) is 7.49. The van der Waals surface area contributed by atoms with Gasteiger partial charge in [-0.25, -0.2) is 4.79 Å². The summed E-state index contributed by atoms with van der Waals surface area (Å²) < 4.78 is 0. The van der Waals surface area contributed by atoms with Crippen LogP contribution in [0, 0.1) is 0 Å². The van der Waals surface area contributed by atoms with Gasteiger partial charge in [0.05, 0.1) is 0 Å². The van der Waals surface area contributed by atoms with Crippen molar-refractivity contribution >= 4 is 34.8 Å². The summed E-state index contributed by atoms with van der Waals surface area (Å²) in [5, 5.41) is 8.37. The quantitative estimate of drug-likeness (QED) is 0.679. The number of fused-ring (bicyclic) bond motifs is 2. The number of anilines is 1. The van der Waals surface area contributed by atoms with Crippen LogP contribution in [-0.2, 0) is 6.54 Å². The minimum absolute atomic E-state index is 0.0818. The average molecular weight is 402 g/mol. The van der Waals surface area contributed by atoms with Gasteiger partial charge in [0.2, 0.25) is 0 Å². The van der Waals surface area contributed by atoms with E-state index >= 15 is 0 Å². The van der Waals surface area contributed by atoms with Crippen molar-refractivity contribution in [1.82, 2.24) is 10.2 Å². The molecule has 27 heavy (non-hydrogen) atoms. The number of hydrogen-bond acceptors (Lipinski definition) is 4. The van der Waals surface area contributed by atoms with Crippen LogP contribution in [0.5, 0.6) is 0 Å². The molecule has 2 aromatic rings. The molecule has 1 unspecified atom stereocenters. The maximum atomic E-state index is 12.5. The third-order valence-electron chi connectivity index (χ3n) is 5.73. The highest BCUT2D eigenvalue weighted by Gasteiger charge is 2.38. The van der Waals surface area contributed by atoms with Gasteiger partial charge < -0.3 is 10.6 Å². The molecule has 2 amide bonds. The first-order chi connectivity index (χ1) is 13.2. The Morgan fingerprint density at radius 1 is 1.19 bits per heavy atom. The summed E-state index contributed by atoms with van der Waals surface area (Å²) >= 11 is 3.55. The zero-order chi connectivity index (χ0) is 18.6. The summed E-state index contributed by atoms with van der Waals surface area (Å²) in [5.74, 6) is 0. The van der Waals surface area contributed by atoms with Crippen LogP contribution in [0.15, 0.2) is 46.7 Å². The summed E-state index contributed by atoms with van der Waals surface area (Å²) in [7, 11) is 0. The number of benzene rings is 1. The topological polar surface area (TPSA) is 44.4 Å². The predicted molar refractivity (Wildman–Crippen MR) is 115 cm³/mol. The Bertz CT molecular complexity index is 733. The maximum Gasteiger partial charge on any atom is 0.319 e. The second kappa shape index (κ2) is 8.67. The number of urea groups is 1. The molecule has 0 aliphatic carbocycles. The largest absolute Gasteiger partial charge is 0.335 e. The number of carbonyl (C=O) groups is 1. The number of hydrogen-bond donors (Lipinski definition) is 2. The first kappa shape index (κ1) is 18.8. The van der Waals surface area contributed by atoms with E-state index in [0.29, 0.717) is 12.1 Å². The first-order valence-corrected chi connectivity index (χ1v) is 11.8. The number of rotatable bonds is 5. The van der Waals surface area contributed by atoms with Gasteiger partial charge in [0.1, 0.15) is 0 Å². The zero-order valence-electron chi connectivity index (χ0n) is 15.7. The molecule has 3 heterocycles. The Morgan fingerprint density at radius 2 is 1.93 bits per heavy atom. The van der Waals surface area contributed by atoms with Gasteiger partial charge >= 0.3 is 6.03 Å². The van der Waals surface area contributed by atoms with Gasteiger partial charge in [-0.1, -0.05) is 12.5 Å². The van der Waals surface area contributed by atoms with Crippen molar-refractivity contribution in [3.8, 4) is 0 Å². The Labute approximate surface area is 169 Å². The van der Waals surface area contributed by atoms with Crippen molar-refractivity contribution in [3.05, 3.63) is 46.7 Å². The van der Waals surface area contributed by atoms with Crippen LogP contribution in [-0.4, -0.2) is 35.3 Å². The number of thioether (sulfide) groups is 1. The van der Waals surface area contributed by atoms with E-state index in [2.05, 4.69) is 39.3 Å². The molecule has 144 valence electrons. The van der Waals surface area contributed by atoms with E-state index in [4.69, 9.17) is 0 Å². The highest BCUT2D eigenvalue weighted by atomic mass is 32.2. The van der Waals surface area contributed by atoms with Crippen LogP contribution in [0.2, 0.25) is 0 Å². The summed E-state index contributed by atoms with van der Waals surface area (Å²) in [6.07, 6.45) is 7.98. The molecule has 3 atom stereocenters. The van der Waals surface area contributed by atoms with E-state index in [9.17, 15) is 4.79 Å². The van der Waals surface area contributed by atoms with Gasteiger partial charge in [-0.2, -0.15) is 0 Å². The van der Waals surface area contributed by atoms with Crippen LogP contribution in [0.1, 0.15) is 37.0 Å². The molecule has 6 heteroatoms. The van der Waals surface area contributed by atoms with Crippen molar-refractivity contribution in [2.45, 2.75) is 61.7 Å². The van der Waals surface area contributed by atoms with Crippen LogP contribution < -0.4 is 10.6 Å². The lowest BCUT2D eigenvalue weighted by molar-refractivity contribution is 0.0208. The smallest absolute Gasteiger partial charge is 0.319 e. The highest BCUT2D eigenvalue weighted by Crippen LogP contribution is 2.35. The molecule has 2 N–H and O–H groups in total. The van der Waals surface area contributed by atoms with Crippen LogP contribution >= 0.6 is 23.1 Å². The molecule has 1 aromatic carbocycles. The van der Waals surface area contributed by atoms with E-state index in [0.717, 1.165) is 25.1 Å². The van der Waals surface area contributed by atoms with Gasteiger partial charge in [0.25, 0.3) is 0 Å². The minimum atomic E-state index is -0.0818. The number of nitrogens with one attached hydrogen (secondary N) is 2. The first-order valence-electron chi connectivity index (χ1n) is 9.71. The van der Waals surface area contributed by atoms with Crippen molar-refractivity contribution in [1.29, 1.82) is 0 Å². The van der Waals surface area contributed by atoms with Crippen molar-refractivity contribution in [2.75, 3.05) is 11.6 Å². The summed E-state index contributed by atoms with van der Waals surface area (Å²) in [5.41, 5.74) is 0.848. The number of nitrogens with zero attached hydrogens (tertiary/aromatic N) is 1. The van der Waals surface area contributed by atoms with E-state index in [1.807, 2.05) is 35.6 Å². The van der Waals surface area contributed by atoms with Gasteiger partial charge in [-0.15, -0.1) is 23.1 Å². The van der Waals surface area contributed by atoms with Crippen molar-refractivity contribution in [2.24, 2.45) is 0 Å². The second-order valence-corrected chi connectivity index (χ2v) is 9.40. The van der Waals surface area contributed by atoms with Crippen LogP contribution in [0.4, 0.5) is 10.5 Å². The van der Waals surface area contributed by atoms with Crippen LogP contribution in [0.3, 0.4) is 0 Å². The Morgan fingerprint density at radius 3 is 2.56 bits per heavy atom. The predicted octanol–water partition coefficient (Wildman–Crippen LogP) is 5.18. The van der Waals surface area contributed by atoms with E-state index in [1.165, 1.54) is 29.0 Å². The molecule has 2 saturated heterocycles. The number of piperidine rings is 2. The van der Waals surface area contributed by atoms with E-state index < -0.39 is 0 Å². The van der Waals surface area contributed by atoms with E-state index in [-0.39, 0.29) is 12.1 Å². The highest BCUT2D eigenvalue weighted by molar-refractivity contribution is 7.98. The fourth-order valence-corrected chi connectivity index (χ4v) is 5.58. The average Bonchev–Trinajstić information content (AvgIpc) is 3.16. The molecule has 0 radical (unpaired) electrons. The molecule has 1 aromatic heterocycles. The zero-order valence-corrected chi connectivity index (χ0v) is 17.3. The minimum Gasteiger partial charge on any atom is -0.335 e. The molecular weight excluding hydrogens is 374 g/mol. The third-order valence-corrected chi connectivity index (χ3v) is 7.33. The fraction of sp³-hybridized carbons (Fsp3) is 0.476. The molecular formula is C21H27N3OS2. The Balaban J connectivity index is 1.33. The normalized spacial score (nSPS) is 25.1. The fourth-order valence-electron chi connectivity index (χ4n) is 4.46. The molecule has 4 nitrogen and oxygen atoms in total. The molecule has 0 saturated carbocycles. The monoisotopic (exact) mass is 401 g/mol. The lowest BCUT2D eigenvalue weighted by atomic mass is 9.81. The molecule has 2 aliphatic heterocycles. The lowest BCUT2D eigenvalue weighted by Gasteiger charge is -2.48. The standard InChI is InChI=1S/C21H27N3OS2/c1-26-19-9-7-15(8-10-19)22-21(25)23-16-12-17-4-2-5-18(13-16)24(17)14-20-6-3-11-27-20/h3,6-11,16-18H,2,4-5,12-14H2,1H3,(H2,22,23,25)/t16?,17-,18+. The molecule has 0 spiro atoms. The molecule has 4 rings (SSSR count). The Kier molecular flexibility index (Phi) is 6.05. The molecule has 2 fully saturated rings. The maximum absolute atomic E-state index is 12.5. The summed E-state index contributed by atoms with van der Waals surface area (Å²) in [4.78, 5) is 17.8.